The van der Waals surface area contributed by atoms with Crippen molar-refractivity contribution in [3.63, 3.8) is 0 Å². The second kappa shape index (κ2) is 7.28. The Kier molecular flexibility index (Phi) is 5.34. The fourth-order valence-corrected chi connectivity index (χ4v) is 4.80. The van der Waals surface area contributed by atoms with Crippen molar-refractivity contribution in [1.82, 2.24) is 9.78 Å². The first-order valence-corrected chi connectivity index (χ1v) is 9.51. The highest BCUT2D eigenvalue weighted by atomic mass is 79.9. The number of carbonyl (C=O) groups excluding carboxylic acids is 1. The normalized spacial score (nSPS) is 13.7. The molecule has 4 nitrogen and oxygen atoms in total. The number of rotatable bonds is 4. The Balaban J connectivity index is 1.91. The third kappa shape index (κ3) is 3.44. The van der Waals surface area contributed by atoms with Crippen molar-refractivity contribution in [3.8, 4) is 0 Å². The summed E-state index contributed by atoms with van der Waals surface area (Å²) in [6, 6.07) is 5.70. The number of hydrogen-bond acceptors (Lipinski definition) is 4. The Morgan fingerprint density at radius 1 is 1.48 bits per heavy atom. The predicted octanol–water partition coefficient (Wildman–Crippen LogP) is 4.71. The molecule has 0 spiro atoms. The Hall–Kier alpha value is -0.980. The molecule has 23 heavy (non-hydrogen) atoms. The minimum Gasteiger partial charge on any atom is -0.465 e. The van der Waals surface area contributed by atoms with Gasteiger partial charge in [0.25, 0.3) is 0 Å². The lowest BCUT2D eigenvalue weighted by atomic mass is 10.1. The number of carbonyl (C=O) groups is 1. The molecule has 0 N–H and O–H groups in total. The number of aryl methyl sites for hydroxylation is 1. The van der Waals surface area contributed by atoms with E-state index in [9.17, 15) is 4.79 Å². The Bertz CT molecular complexity index is 728. The van der Waals surface area contributed by atoms with Gasteiger partial charge in [0.1, 0.15) is 5.56 Å². The maximum atomic E-state index is 12.2. The van der Waals surface area contributed by atoms with Gasteiger partial charge in [-0.2, -0.15) is 5.10 Å². The first kappa shape index (κ1) is 16.9. The van der Waals surface area contributed by atoms with Crippen molar-refractivity contribution in [1.29, 1.82) is 0 Å². The van der Waals surface area contributed by atoms with Crippen LogP contribution in [0.2, 0.25) is 5.02 Å². The van der Waals surface area contributed by atoms with E-state index in [1.54, 1.807) is 11.8 Å². The number of methoxy groups -OCH3 is 1. The van der Waals surface area contributed by atoms with E-state index in [4.69, 9.17) is 16.3 Å². The van der Waals surface area contributed by atoms with Gasteiger partial charge in [-0.05, 0) is 47.3 Å². The van der Waals surface area contributed by atoms with Crippen LogP contribution in [-0.4, -0.2) is 22.9 Å². The second-order valence-corrected chi connectivity index (χ2v) is 7.53. The zero-order valence-electron chi connectivity index (χ0n) is 12.6. The molecule has 0 bridgehead atoms. The third-order valence-electron chi connectivity index (χ3n) is 3.83. The van der Waals surface area contributed by atoms with E-state index in [1.807, 2.05) is 22.9 Å². The van der Waals surface area contributed by atoms with Crippen molar-refractivity contribution in [2.45, 2.75) is 36.5 Å². The van der Waals surface area contributed by atoms with Crippen LogP contribution in [0.25, 0.3) is 0 Å². The molecule has 0 atom stereocenters. The molecular formula is C16H16BrClN2O2S. The van der Waals surface area contributed by atoms with E-state index < -0.39 is 0 Å². The van der Waals surface area contributed by atoms with Gasteiger partial charge in [-0.3, -0.25) is 4.68 Å². The highest BCUT2D eigenvalue weighted by Gasteiger charge is 2.26. The van der Waals surface area contributed by atoms with Crippen molar-refractivity contribution in [2.75, 3.05) is 7.11 Å². The van der Waals surface area contributed by atoms with Gasteiger partial charge in [0.05, 0.1) is 23.5 Å². The molecule has 0 saturated heterocycles. The molecule has 2 heterocycles. The highest BCUT2D eigenvalue weighted by Crippen LogP contribution is 2.37. The van der Waals surface area contributed by atoms with Crippen LogP contribution >= 0.6 is 39.3 Å². The second-order valence-electron chi connectivity index (χ2n) is 5.28. The number of fused-ring (bicyclic) bond motifs is 1. The van der Waals surface area contributed by atoms with Crippen molar-refractivity contribution < 1.29 is 9.53 Å². The summed E-state index contributed by atoms with van der Waals surface area (Å²) in [7, 11) is 1.41. The molecule has 7 heteroatoms. The summed E-state index contributed by atoms with van der Waals surface area (Å²) in [6.45, 7) is 0.861. The first-order chi connectivity index (χ1) is 11.1. The quantitative estimate of drug-likeness (QED) is 0.535. The molecule has 2 aromatic rings. The van der Waals surface area contributed by atoms with Crippen molar-refractivity contribution in [3.05, 3.63) is 44.6 Å². The van der Waals surface area contributed by atoms with Gasteiger partial charge < -0.3 is 4.74 Å². The molecule has 1 aromatic heterocycles. The van der Waals surface area contributed by atoms with Crippen LogP contribution in [0.4, 0.5) is 0 Å². The molecule has 0 fully saturated rings. The van der Waals surface area contributed by atoms with Crippen LogP contribution in [0.15, 0.2) is 27.6 Å². The van der Waals surface area contributed by atoms with Crippen LogP contribution < -0.4 is 0 Å². The number of hydrogen-bond donors (Lipinski definition) is 0. The number of nitrogens with zero attached hydrogens (tertiary/aromatic N) is 2. The lowest BCUT2D eigenvalue weighted by molar-refractivity contribution is 0.0598. The van der Waals surface area contributed by atoms with Gasteiger partial charge in [-0.25, -0.2) is 4.79 Å². The SMILES string of the molecule is COC(=O)c1c(CSc2c(Cl)cccc2Br)nn2c1CCCC2. The molecule has 0 radical (unpaired) electrons. The van der Waals surface area contributed by atoms with Crippen LogP contribution in [-0.2, 0) is 23.5 Å². The molecule has 1 aromatic carbocycles. The summed E-state index contributed by atoms with van der Waals surface area (Å²) in [5.41, 5.74) is 2.39. The standard InChI is InChI=1S/C16H16BrClN2O2S/c1-22-16(21)14-12(19-20-8-3-2-7-13(14)20)9-23-15-10(17)5-4-6-11(15)18/h4-6H,2-3,7-9H2,1H3. The van der Waals surface area contributed by atoms with Gasteiger partial charge in [0.15, 0.2) is 0 Å². The minimum absolute atomic E-state index is 0.304. The summed E-state index contributed by atoms with van der Waals surface area (Å²) < 4.78 is 7.86. The monoisotopic (exact) mass is 414 g/mol. The lowest BCUT2D eigenvalue weighted by Gasteiger charge is -2.13. The fourth-order valence-electron chi connectivity index (χ4n) is 2.74. The minimum atomic E-state index is -0.304. The van der Waals surface area contributed by atoms with E-state index >= 15 is 0 Å². The van der Waals surface area contributed by atoms with Gasteiger partial charge in [0, 0.05) is 21.7 Å². The van der Waals surface area contributed by atoms with Gasteiger partial charge in [-0.15, -0.1) is 11.8 Å². The van der Waals surface area contributed by atoms with Crippen LogP contribution in [0, 0.1) is 0 Å². The highest BCUT2D eigenvalue weighted by molar-refractivity contribution is 9.10. The molecule has 0 saturated carbocycles. The molecule has 1 aliphatic rings. The van der Waals surface area contributed by atoms with E-state index in [-0.39, 0.29) is 5.97 Å². The summed E-state index contributed by atoms with van der Waals surface area (Å²) in [6.07, 6.45) is 3.05. The molecule has 1 aliphatic heterocycles. The maximum absolute atomic E-state index is 12.2. The van der Waals surface area contributed by atoms with E-state index in [2.05, 4.69) is 21.0 Å². The number of aromatic nitrogens is 2. The summed E-state index contributed by atoms with van der Waals surface area (Å²) >= 11 is 11.3. The molecular weight excluding hydrogens is 400 g/mol. The number of ether oxygens (including phenoxy) is 1. The fraction of sp³-hybridized carbons (Fsp3) is 0.375. The Morgan fingerprint density at radius 3 is 3.04 bits per heavy atom. The van der Waals surface area contributed by atoms with Crippen LogP contribution in [0.1, 0.15) is 34.6 Å². The van der Waals surface area contributed by atoms with E-state index in [0.29, 0.717) is 16.3 Å². The van der Waals surface area contributed by atoms with Crippen LogP contribution in [0.3, 0.4) is 0 Å². The largest absolute Gasteiger partial charge is 0.465 e. The average Bonchev–Trinajstić information content (AvgIpc) is 2.92. The van der Waals surface area contributed by atoms with Gasteiger partial charge in [-0.1, -0.05) is 17.7 Å². The Morgan fingerprint density at radius 2 is 2.30 bits per heavy atom. The van der Waals surface area contributed by atoms with Crippen molar-refractivity contribution in [2.24, 2.45) is 0 Å². The lowest BCUT2D eigenvalue weighted by Crippen LogP contribution is -2.14. The summed E-state index contributed by atoms with van der Waals surface area (Å²) in [5, 5.41) is 5.32. The molecule has 0 aliphatic carbocycles. The summed E-state index contributed by atoms with van der Waals surface area (Å²) in [4.78, 5) is 13.1. The first-order valence-electron chi connectivity index (χ1n) is 7.35. The van der Waals surface area contributed by atoms with E-state index in [1.165, 1.54) is 7.11 Å². The maximum Gasteiger partial charge on any atom is 0.341 e. The number of esters is 1. The number of halogens is 2. The molecule has 0 amide bonds. The zero-order valence-corrected chi connectivity index (χ0v) is 15.8. The third-order valence-corrected chi connectivity index (χ3v) is 6.32. The zero-order chi connectivity index (χ0) is 16.4. The van der Waals surface area contributed by atoms with E-state index in [0.717, 1.165) is 46.6 Å². The Labute approximate surface area is 152 Å². The van der Waals surface area contributed by atoms with Gasteiger partial charge >= 0.3 is 5.97 Å². The smallest absolute Gasteiger partial charge is 0.341 e. The topological polar surface area (TPSA) is 44.1 Å². The molecule has 0 unspecified atom stereocenters. The molecule has 122 valence electrons. The predicted molar refractivity (Wildman–Crippen MR) is 95.2 cm³/mol. The molecule has 3 rings (SSSR count). The number of thioether (sulfide) groups is 1. The van der Waals surface area contributed by atoms with Gasteiger partial charge in [0.2, 0.25) is 0 Å². The number of benzene rings is 1. The average molecular weight is 416 g/mol. The summed E-state index contributed by atoms with van der Waals surface area (Å²) in [5.74, 6) is 0.272. The van der Waals surface area contributed by atoms with Crippen LogP contribution in [0.5, 0.6) is 0 Å². The van der Waals surface area contributed by atoms with Crippen molar-refractivity contribution >= 4 is 45.3 Å².